The summed E-state index contributed by atoms with van der Waals surface area (Å²) in [5.41, 5.74) is -1.59. The van der Waals surface area contributed by atoms with Gasteiger partial charge >= 0.3 is 5.97 Å². The van der Waals surface area contributed by atoms with Gasteiger partial charge in [-0.1, -0.05) is 6.92 Å². The molecular formula is C14H15F2NO3. The van der Waals surface area contributed by atoms with Crippen LogP contribution in [-0.2, 0) is 4.79 Å². The lowest BCUT2D eigenvalue weighted by atomic mass is 9.92. The first-order chi connectivity index (χ1) is 9.42. The van der Waals surface area contributed by atoms with E-state index < -0.39 is 29.0 Å². The number of carboxylic acids is 1. The van der Waals surface area contributed by atoms with E-state index in [4.69, 9.17) is 0 Å². The van der Waals surface area contributed by atoms with Crippen molar-refractivity contribution in [1.29, 1.82) is 0 Å². The fraction of sp³-hybridized carbons (Fsp3) is 0.429. The molecule has 0 spiro atoms. The highest BCUT2D eigenvalue weighted by Gasteiger charge is 2.48. The standard InChI is InChI=1S/C14H15F2NO3/c1-2-14(13(19)20)6-3-7-17(14)12(18)10-5-4-9(15)8-11(10)16/h4-5,8H,2-3,6-7H2,1H3,(H,19,20). The van der Waals surface area contributed by atoms with Crippen LogP contribution in [-0.4, -0.2) is 34.0 Å². The van der Waals surface area contributed by atoms with E-state index in [-0.39, 0.29) is 18.5 Å². The minimum absolute atomic E-state index is 0.247. The smallest absolute Gasteiger partial charge is 0.329 e. The molecule has 108 valence electrons. The number of amides is 1. The maximum absolute atomic E-state index is 13.7. The number of likely N-dealkylation sites (tertiary alicyclic amines) is 1. The number of nitrogens with zero attached hydrogens (tertiary/aromatic N) is 1. The molecule has 2 rings (SSSR count). The van der Waals surface area contributed by atoms with Gasteiger partial charge in [0.15, 0.2) is 0 Å². The Kier molecular flexibility index (Phi) is 3.74. The van der Waals surface area contributed by atoms with Crippen LogP contribution in [0.2, 0.25) is 0 Å². The summed E-state index contributed by atoms with van der Waals surface area (Å²) in [6, 6.07) is 2.66. The van der Waals surface area contributed by atoms with Crippen molar-refractivity contribution in [2.75, 3.05) is 6.54 Å². The number of carbonyl (C=O) groups excluding carboxylic acids is 1. The zero-order valence-electron chi connectivity index (χ0n) is 11.0. The van der Waals surface area contributed by atoms with Crippen molar-refractivity contribution in [3.8, 4) is 0 Å². The average Bonchev–Trinajstić information content (AvgIpc) is 2.83. The van der Waals surface area contributed by atoms with Gasteiger partial charge < -0.3 is 10.0 Å². The van der Waals surface area contributed by atoms with Crippen LogP contribution in [0.5, 0.6) is 0 Å². The number of halogens is 2. The van der Waals surface area contributed by atoms with Gasteiger partial charge in [-0.05, 0) is 31.4 Å². The highest BCUT2D eigenvalue weighted by Crippen LogP contribution is 2.34. The van der Waals surface area contributed by atoms with E-state index in [0.717, 1.165) is 12.1 Å². The minimum Gasteiger partial charge on any atom is -0.479 e. The molecule has 0 saturated carbocycles. The van der Waals surface area contributed by atoms with Gasteiger partial charge in [-0.3, -0.25) is 4.79 Å². The topological polar surface area (TPSA) is 57.6 Å². The molecule has 1 saturated heterocycles. The van der Waals surface area contributed by atoms with Crippen LogP contribution >= 0.6 is 0 Å². The van der Waals surface area contributed by atoms with E-state index in [9.17, 15) is 23.5 Å². The molecule has 1 aliphatic heterocycles. The molecule has 0 bridgehead atoms. The van der Waals surface area contributed by atoms with E-state index in [2.05, 4.69) is 0 Å². The third-order valence-corrected chi connectivity index (χ3v) is 3.88. The Morgan fingerprint density at radius 2 is 2.10 bits per heavy atom. The number of carboxylic acid groups (broad SMARTS) is 1. The molecule has 1 unspecified atom stereocenters. The summed E-state index contributed by atoms with van der Waals surface area (Å²) < 4.78 is 26.6. The quantitative estimate of drug-likeness (QED) is 0.927. The Bertz CT molecular complexity index is 561. The second-order valence-electron chi connectivity index (χ2n) is 4.87. The summed E-state index contributed by atoms with van der Waals surface area (Å²) in [4.78, 5) is 25.0. The summed E-state index contributed by atoms with van der Waals surface area (Å²) in [7, 11) is 0. The Labute approximate surface area is 115 Å². The number of hydrogen-bond donors (Lipinski definition) is 1. The van der Waals surface area contributed by atoms with Gasteiger partial charge in [-0.2, -0.15) is 0 Å². The molecule has 1 aliphatic rings. The zero-order valence-corrected chi connectivity index (χ0v) is 11.0. The molecular weight excluding hydrogens is 268 g/mol. The Morgan fingerprint density at radius 1 is 1.40 bits per heavy atom. The molecule has 0 aromatic heterocycles. The maximum Gasteiger partial charge on any atom is 0.329 e. The van der Waals surface area contributed by atoms with Crippen molar-refractivity contribution in [1.82, 2.24) is 4.90 Å². The van der Waals surface area contributed by atoms with Crippen molar-refractivity contribution in [3.63, 3.8) is 0 Å². The highest BCUT2D eigenvalue weighted by molar-refractivity contribution is 5.98. The number of aliphatic carboxylic acids is 1. The van der Waals surface area contributed by atoms with Gasteiger partial charge in [0.2, 0.25) is 0 Å². The van der Waals surface area contributed by atoms with Crippen molar-refractivity contribution in [2.45, 2.75) is 31.7 Å². The monoisotopic (exact) mass is 283 g/mol. The van der Waals surface area contributed by atoms with Gasteiger partial charge in [-0.25, -0.2) is 13.6 Å². The second-order valence-corrected chi connectivity index (χ2v) is 4.87. The molecule has 1 fully saturated rings. The number of carbonyl (C=O) groups is 2. The van der Waals surface area contributed by atoms with E-state index >= 15 is 0 Å². The summed E-state index contributed by atoms with van der Waals surface area (Å²) in [6.07, 6.45) is 1.14. The van der Waals surface area contributed by atoms with Crippen molar-refractivity contribution < 1.29 is 23.5 Å². The van der Waals surface area contributed by atoms with Crippen LogP contribution in [0.4, 0.5) is 8.78 Å². The second kappa shape index (κ2) is 5.19. The first kappa shape index (κ1) is 14.4. The molecule has 1 aromatic carbocycles. The Balaban J connectivity index is 2.39. The predicted molar refractivity (Wildman–Crippen MR) is 67.3 cm³/mol. The van der Waals surface area contributed by atoms with Gasteiger partial charge in [0.1, 0.15) is 17.2 Å². The third kappa shape index (κ3) is 2.15. The van der Waals surface area contributed by atoms with Crippen LogP contribution in [0.25, 0.3) is 0 Å². The van der Waals surface area contributed by atoms with Crippen molar-refractivity contribution in [3.05, 3.63) is 35.4 Å². The zero-order chi connectivity index (χ0) is 14.9. The first-order valence-corrected chi connectivity index (χ1v) is 6.43. The van der Waals surface area contributed by atoms with Gasteiger partial charge in [-0.15, -0.1) is 0 Å². The maximum atomic E-state index is 13.7. The molecule has 1 amide bonds. The molecule has 0 aliphatic carbocycles. The van der Waals surface area contributed by atoms with Gasteiger partial charge in [0.25, 0.3) is 5.91 Å². The summed E-state index contributed by atoms with van der Waals surface area (Å²) in [5.74, 6) is -3.55. The van der Waals surface area contributed by atoms with Crippen LogP contribution in [0.1, 0.15) is 36.5 Å². The molecule has 1 heterocycles. The van der Waals surface area contributed by atoms with Gasteiger partial charge in [0.05, 0.1) is 5.56 Å². The average molecular weight is 283 g/mol. The number of hydrogen-bond acceptors (Lipinski definition) is 2. The van der Waals surface area contributed by atoms with Crippen molar-refractivity contribution in [2.24, 2.45) is 0 Å². The molecule has 6 heteroatoms. The van der Waals surface area contributed by atoms with E-state index in [1.807, 2.05) is 0 Å². The summed E-state index contributed by atoms with van der Waals surface area (Å²) in [5, 5.41) is 9.40. The van der Waals surface area contributed by atoms with E-state index in [0.29, 0.717) is 18.9 Å². The molecule has 1 aromatic rings. The van der Waals surface area contributed by atoms with Gasteiger partial charge in [0, 0.05) is 12.6 Å². The lowest BCUT2D eigenvalue weighted by Gasteiger charge is -2.34. The molecule has 4 nitrogen and oxygen atoms in total. The van der Waals surface area contributed by atoms with Crippen LogP contribution in [0.15, 0.2) is 18.2 Å². The highest BCUT2D eigenvalue weighted by atomic mass is 19.1. The SMILES string of the molecule is CCC1(C(=O)O)CCCN1C(=O)c1ccc(F)cc1F. The van der Waals surface area contributed by atoms with Crippen LogP contribution in [0, 0.1) is 11.6 Å². The van der Waals surface area contributed by atoms with Crippen molar-refractivity contribution >= 4 is 11.9 Å². The largest absolute Gasteiger partial charge is 0.479 e. The number of benzene rings is 1. The predicted octanol–water partition coefficient (Wildman–Crippen LogP) is 2.43. The lowest BCUT2D eigenvalue weighted by Crippen LogP contribution is -2.52. The van der Waals surface area contributed by atoms with E-state index in [1.165, 1.54) is 4.90 Å². The summed E-state index contributed by atoms with van der Waals surface area (Å²) in [6.45, 7) is 1.94. The summed E-state index contributed by atoms with van der Waals surface area (Å²) >= 11 is 0. The molecule has 1 N–H and O–H groups in total. The normalized spacial score (nSPS) is 22.1. The Morgan fingerprint density at radius 3 is 2.65 bits per heavy atom. The lowest BCUT2D eigenvalue weighted by molar-refractivity contribution is -0.148. The number of rotatable bonds is 3. The van der Waals surface area contributed by atoms with Crippen LogP contribution in [0.3, 0.4) is 0 Å². The Hall–Kier alpha value is -1.98. The van der Waals surface area contributed by atoms with Crippen LogP contribution < -0.4 is 0 Å². The fourth-order valence-corrected chi connectivity index (χ4v) is 2.72. The molecule has 1 atom stereocenters. The van der Waals surface area contributed by atoms with E-state index in [1.54, 1.807) is 6.92 Å². The molecule has 0 radical (unpaired) electrons. The fourth-order valence-electron chi connectivity index (χ4n) is 2.72. The first-order valence-electron chi connectivity index (χ1n) is 6.43. The molecule has 20 heavy (non-hydrogen) atoms. The minimum atomic E-state index is -1.29. The third-order valence-electron chi connectivity index (χ3n) is 3.88.